The van der Waals surface area contributed by atoms with Crippen molar-refractivity contribution in [2.24, 2.45) is 5.92 Å². The minimum absolute atomic E-state index is 0.157. The van der Waals surface area contributed by atoms with Crippen LogP contribution in [0.25, 0.3) is 0 Å². The summed E-state index contributed by atoms with van der Waals surface area (Å²) in [4.78, 5) is 10.2. The Morgan fingerprint density at radius 2 is 1.89 bits per heavy atom. The van der Waals surface area contributed by atoms with Crippen LogP contribution in [0.3, 0.4) is 0 Å². The number of nitrogens with one attached hydrogen (secondary N) is 1. The molecular formula is C15H22N2O2. The monoisotopic (exact) mass is 262 g/mol. The summed E-state index contributed by atoms with van der Waals surface area (Å²) in [7, 11) is 0. The number of nitro groups is 1. The first-order valence-electron chi connectivity index (χ1n) is 7.13. The molecule has 0 aromatic heterocycles. The number of nitrogens with zero attached hydrogens (tertiary/aromatic N) is 1. The van der Waals surface area contributed by atoms with Gasteiger partial charge in [-0.2, -0.15) is 0 Å². The van der Waals surface area contributed by atoms with Crippen molar-refractivity contribution >= 4 is 5.69 Å². The van der Waals surface area contributed by atoms with Crippen LogP contribution in [0.15, 0.2) is 24.3 Å². The quantitative estimate of drug-likeness (QED) is 0.651. The molecule has 0 unspecified atom stereocenters. The third kappa shape index (κ3) is 4.03. The van der Waals surface area contributed by atoms with Gasteiger partial charge < -0.3 is 5.32 Å². The molecule has 2 rings (SSSR count). The van der Waals surface area contributed by atoms with Crippen LogP contribution in [-0.4, -0.2) is 11.0 Å². The average molecular weight is 262 g/mol. The van der Waals surface area contributed by atoms with Gasteiger partial charge in [0, 0.05) is 24.7 Å². The number of hydrogen-bond acceptors (Lipinski definition) is 3. The summed E-state index contributed by atoms with van der Waals surface area (Å²) >= 11 is 0. The van der Waals surface area contributed by atoms with Crippen molar-refractivity contribution in [2.45, 2.75) is 51.6 Å². The van der Waals surface area contributed by atoms with Crippen molar-refractivity contribution in [1.29, 1.82) is 0 Å². The van der Waals surface area contributed by atoms with Gasteiger partial charge in [-0.25, -0.2) is 0 Å². The van der Waals surface area contributed by atoms with E-state index in [1.807, 2.05) is 12.1 Å². The Morgan fingerprint density at radius 1 is 1.26 bits per heavy atom. The SMILES string of the molecule is C[C@H](NCc1ccc([N+](=O)[O-])cc1)C1CCCCC1. The van der Waals surface area contributed by atoms with Gasteiger partial charge in [-0.05, 0) is 31.2 Å². The van der Waals surface area contributed by atoms with Crippen molar-refractivity contribution in [3.05, 3.63) is 39.9 Å². The number of hydrogen-bond donors (Lipinski definition) is 1. The van der Waals surface area contributed by atoms with Gasteiger partial charge in [0.15, 0.2) is 0 Å². The molecule has 1 saturated carbocycles. The molecule has 4 nitrogen and oxygen atoms in total. The molecule has 1 N–H and O–H groups in total. The van der Waals surface area contributed by atoms with Gasteiger partial charge in [-0.15, -0.1) is 0 Å². The van der Waals surface area contributed by atoms with E-state index in [1.165, 1.54) is 32.1 Å². The van der Waals surface area contributed by atoms with Crippen LogP contribution in [0.1, 0.15) is 44.6 Å². The van der Waals surface area contributed by atoms with E-state index < -0.39 is 0 Å². The molecule has 1 aromatic carbocycles. The predicted molar refractivity (Wildman–Crippen MR) is 76.0 cm³/mol. The maximum absolute atomic E-state index is 10.6. The Balaban J connectivity index is 1.82. The van der Waals surface area contributed by atoms with E-state index in [0.29, 0.717) is 6.04 Å². The second kappa shape index (κ2) is 6.66. The Hall–Kier alpha value is -1.42. The van der Waals surface area contributed by atoms with Gasteiger partial charge in [-0.3, -0.25) is 10.1 Å². The van der Waals surface area contributed by atoms with E-state index in [4.69, 9.17) is 0 Å². The molecule has 1 aliphatic carbocycles. The first-order valence-corrected chi connectivity index (χ1v) is 7.13. The molecule has 19 heavy (non-hydrogen) atoms. The summed E-state index contributed by atoms with van der Waals surface area (Å²) in [5.41, 5.74) is 1.26. The van der Waals surface area contributed by atoms with Crippen LogP contribution in [0, 0.1) is 16.0 Å². The first kappa shape index (κ1) is 14.0. The predicted octanol–water partition coefficient (Wildman–Crippen LogP) is 3.65. The van der Waals surface area contributed by atoms with E-state index in [0.717, 1.165) is 18.0 Å². The summed E-state index contributed by atoms with van der Waals surface area (Å²) in [6.07, 6.45) is 6.75. The maximum Gasteiger partial charge on any atom is 0.269 e. The highest BCUT2D eigenvalue weighted by atomic mass is 16.6. The molecule has 0 spiro atoms. The van der Waals surface area contributed by atoms with Crippen molar-refractivity contribution in [3.8, 4) is 0 Å². The minimum atomic E-state index is -0.359. The van der Waals surface area contributed by atoms with Crippen LogP contribution in [0.5, 0.6) is 0 Å². The highest BCUT2D eigenvalue weighted by molar-refractivity contribution is 5.32. The smallest absolute Gasteiger partial charge is 0.269 e. The fourth-order valence-electron chi connectivity index (χ4n) is 2.82. The number of nitro benzene ring substituents is 1. The first-order chi connectivity index (χ1) is 9.16. The molecule has 1 aliphatic rings. The molecule has 0 aliphatic heterocycles. The van der Waals surface area contributed by atoms with Gasteiger partial charge in [0.1, 0.15) is 0 Å². The molecule has 1 atom stereocenters. The van der Waals surface area contributed by atoms with Crippen molar-refractivity contribution in [1.82, 2.24) is 5.32 Å². The van der Waals surface area contributed by atoms with Gasteiger partial charge in [0.2, 0.25) is 0 Å². The molecule has 4 heteroatoms. The fourth-order valence-corrected chi connectivity index (χ4v) is 2.82. The second-order valence-corrected chi connectivity index (χ2v) is 5.49. The Morgan fingerprint density at radius 3 is 2.47 bits per heavy atom. The zero-order valence-electron chi connectivity index (χ0n) is 11.5. The highest BCUT2D eigenvalue weighted by Gasteiger charge is 2.19. The van der Waals surface area contributed by atoms with Crippen LogP contribution in [0.2, 0.25) is 0 Å². The average Bonchev–Trinajstić information content (AvgIpc) is 2.46. The lowest BCUT2D eigenvalue weighted by molar-refractivity contribution is -0.384. The number of benzene rings is 1. The van der Waals surface area contributed by atoms with E-state index in [-0.39, 0.29) is 10.6 Å². The summed E-state index contributed by atoms with van der Waals surface area (Å²) in [5, 5.41) is 14.1. The topological polar surface area (TPSA) is 55.2 Å². The van der Waals surface area contributed by atoms with Crippen molar-refractivity contribution in [3.63, 3.8) is 0 Å². The van der Waals surface area contributed by atoms with Crippen LogP contribution in [0.4, 0.5) is 5.69 Å². The highest BCUT2D eigenvalue weighted by Crippen LogP contribution is 2.26. The molecule has 0 heterocycles. The standard InChI is InChI=1S/C15H22N2O2/c1-12(14-5-3-2-4-6-14)16-11-13-7-9-15(10-8-13)17(18)19/h7-10,12,14,16H,2-6,11H2,1H3/t12-/m0/s1. The maximum atomic E-state index is 10.6. The molecule has 1 aromatic rings. The molecule has 0 bridgehead atoms. The Kier molecular flexibility index (Phi) is 4.91. The van der Waals surface area contributed by atoms with Gasteiger partial charge in [-0.1, -0.05) is 31.4 Å². The molecule has 104 valence electrons. The molecule has 1 fully saturated rings. The van der Waals surface area contributed by atoms with Crippen LogP contribution in [-0.2, 0) is 6.54 Å². The van der Waals surface area contributed by atoms with Gasteiger partial charge >= 0.3 is 0 Å². The second-order valence-electron chi connectivity index (χ2n) is 5.49. The lowest BCUT2D eigenvalue weighted by Crippen LogP contribution is -2.34. The third-order valence-electron chi connectivity index (χ3n) is 4.13. The van der Waals surface area contributed by atoms with E-state index in [9.17, 15) is 10.1 Å². The third-order valence-corrected chi connectivity index (χ3v) is 4.13. The van der Waals surface area contributed by atoms with Crippen molar-refractivity contribution in [2.75, 3.05) is 0 Å². The zero-order valence-corrected chi connectivity index (χ0v) is 11.5. The van der Waals surface area contributed by atoms with E-state index in [1.54, 1.807) is 12.1 Å². The van der Waals surface area contributed by atoms with Crippen LogP contribution >= 0.6 is 0 Å². The Labute approximate surface area is 114 Å². The van der Waals surface area contributed by atoms with Gasteiger partial charge in [0.25, 0.3) is 5.69 Å². The largest absolute Gasteiger partial charge is 0.310 e. The number of rotatable bonds is 5. The molecular weight excluding hydrogens is 240 g/mol. The summed E-state index contributed by atoms with van der Waals surface area (Å²) in [6.45, 7) is 3.04. The number of non-ortho nitro benzene ring substituents is 1. The van der Waals surface area contributed by atoms with E-state index >= 15 is 0 Å². The molecule has 0 amide bonds. The zero-order chi connectivity index (χ0) is 13.7. The summed E-state index contributed by atoms with van der Waals surface area (Å²) < 4.78 is 0. The van der Waals surface area contributed by atoms with Crippen LogP contribution < -0.4 is 5.32 Å². The normalized spacial score (nSPS) is 18.2. The summed E-state index contributed by atoms with van der Waals surface area (Å²) in [5.74, 6) is 0.784. The lowest BCUT2D eigenvalue weighted by atomic mass is 9.84. The molecule has 0 saturated heterocycles. The molecule has 0 radical (unpaired) electrons. The van der Waals surface area contributed by atoms with Gasteiger partial charge in [0.05, 0.1) is 4.92 Å². The van der Waals surface area contributed by atoms with E-state index in [2.05, 4.69) is 12.2 Å². The lowest BCUT2D eigenvalue weighted by Gasteiger charge is -2.28. The van der Waals surface area contributed by atoms with Crippen molar-refractivity contribution < 1.29 is 4.92 Å². The summed E-state index contributed by atoms with van der Waals surface area (Å²) in [6, 6.07) is 7.33. The Bertz CT molecular complexity index is 411. The minimum Gasteiger partial charge on any atom is -0.310 e. The fraction of sp³-hybridized carbons (Fsp3) is 0.600.